The quantitative estimate of drug-likeness (QED) is 0.461. The van der Waals surface area contributed by atoms with Gasteiger partial charge in [-0.15, -0.1) is 0 Å². The molecule has 2 aromatic rings. The number of hydrazine groups is 1. The van der Waals surface area contributed by atoms with E-state index >= 15 is 0 Å². The number of thiocarbonyl (C=S) groups is 1. The van der Waals surface area contributed by atoms with Crippen LogP contribution in [0.1, 0.15) is 41.8 Å². The van der Waals surface area contributed by atoms with Crippen molar-refractivity contribution in [2.45, 2.75) is 34.1 Å². The summed E-state index contributed by atoms with van der Waals surface area (Å²) in [6, 6.07) is 11.1. The Kier molecular flexibility index (Phi) is 8.27. The summed E-state index contributed by atoms with van der Waals surface area (Å²) in [5.74, 6) is 1.35. The van der Waals surface area contributed by atoms with E-state index in [9.17, 15) is 4.79 Å². The molecule has 7 heteroatoms. The maximum atomic E-state index is 12.4. The van der Waals surface area contributed by atoms with Crippen LogP contribution in [0, 0.1) is 19.8 Å². The number of hydrogen-bond donors (Lipinski definition) is 3. The Labute approximate surface area is 178 Å². The minimum Gasteiger partial charge on any atom is -0.493 e. The smallest absolute Gasteiger partial charge is 0.269 e. The summed E-state index contributed by atoms with van der Waals surface area (Å²) < 4.78 is 11.1. The van der Waals surface area contributed by atoms with Crippen molar-refractivity contribution in [2.24, 2.45) is 5.92 Å². The van der Waals surface area contributed by atoms with E-state index in [0.717, 1.165) is 23.2 Å². The molecule has 6 nitrogen and oxygen atoms in total. The summed E-state index contributed by atoms with van der Waals surface area (Å²) in [7, 11) is 1.55. The van der Waals surface area contributed by atoms with Crippen LogP contribution in [0.5, 0.6) is 11.5 Å². The fourth-order valence-corrected chi connectivity index (χ4v) is 2.70. The van der Waals surface area contributed by atoms with Crippen molar-refractivity contribution in [1.29, 1.82) is 0 Å². The second kappa shape index (κ2) is 10.7. The number of aryl methyl sites for hydroxylation is 2. The molecular formula is C22H29N3O3S. The van der Waals surface area contributed by atoms with Gasteiger partial charge in [-0.05, 0) is 73.8 Å². The van der Waals surface area contributed by atoms with Crippen LogP contribution in [0.4, 0.5) is 5.69 Å². The molecular weight excluding hydrogens is 386 g/mol. The standard InChI is InChI=1S/C22H29N3O3S/c1-14(2)10-11-28-19-9-8-17(13-20(19)27-5)21(26)24-25-22(29)23-18-12-15(3)6-7-16(18)4/h6-9,12-14H,10-11H2,1-5H3,(H,24,26)(H2,23,25,29). The molecule has 0 saturated heterocycles. The van der Waals surface area contributed by atoms with Gasteiger partial charge in [-0.2, -0.15) is 0 Å². The molecule has 2 rings (SSSR count). The molecule has 0 aliphatic heterocycles. The third kappa shape index (κ3) is 6.94. The zero-order valence-corrected chi connectivity index (χ0v) is 18.4. The van der Waals surface area contributed by atoms with Gasteiger partial charge in [0.15, 0.2) is 16.6 Å². The summed E-state index contributed by atoms with van der Waals surface area (Å²) in [5.41, 5.74) is 8.81. The van der Waals surface area contributed by atoms with Gasteiger partial charge in [-0.25, -0.2) is 0 Å². The van der Waals surface area contributed by atoms with E-state index in [1.54, 1.807) is 25.3 Å². The number of nitrogens with one attached hydrogen (secondary N) is 3. The number of rotatable bonds is 7. The second-order valence-corrected chi connectivity index (χ2v) is 7.66. The first kappa shape index (κ1) is 22.5. The molecule has 0 fully saturated rings. The number of carbonyl (C=O) groups is 1. The molecule has 0 atom stereocenters. The molecule has 0 saturated carbocycles. The van der Waals surface area contributed by atoms with Crippen LogP contribution in [-0.4, -0.2) is 24.7 Å². The Morgan fingerprint density at radius 2 is 1.83 bits per heavy atom. The van der Waals surface area contributed by atoms with Crippen LogP contribution < -0.4 is 25.6 Å². The average Bonchev–Trinajstić information content (AvgIpc) is 2.68. The van der Waals surface area contributed by atoms with Gasteiger partial charge < -0.3 is 14.8 Å². The molecule has 0 aliphatic carbocycles. The second-order valence-electron chi connectivity index (χ2n) is 7.25. The fraction of sp³-hybridized carbons (Fsp3) is 0.364. The zero-order valence-electron chi connectivity index (χ0n) is 17.6. The molecule has 2 aromatic carbocycles. The lowest BCUT2D eigenvalue weighted by Crippen LogP contribution is -2.43. The number of amides is 1. The van der Waals surface area contributed by atoms with Gasteiger partial charge in [0.05, 0.1) is 13.7 Å². The Hall–Kier alpha value is -2.80. The van der Waals surface area contributed by atoms with Crippen LogP contribution >= 0.6 is 12.2 Å². The topological polar surface area (TPSA) is 71.6 Å². The summed E-state index contributed by atoms with van der Waals surface area (Å²) in [4.78, 5) is 12.4. The molecule has 0 spiro atoms. The highest BCUT2D eigenvalue weighted by Gasteiger charge is 2.12. The molecule has 29 heavy (non-hydrogen) atoms. The highest BCUT2D eigenvalue weighted by Crippen LogP contribution is 2.28. The summed E-state index contributed by atoms with van der Waals surface area (Å²) in [6.45, 7) is 8.87. The molecule has 0 bridgehead atoms. The SMILES string of the molecule is COc1cc(C(=O)NNC(=S)Nc2cc(C)ccc2C)ccc1OCCC(C)C. The van der Waals surface area contributed by atoms with Crippen molar-refractivity contribution < 1.29 is 14.3 Å². The van der Waals surface area contributed by atoms with Gasteiger partial charge in [-0.3, -0.25) is 15.6 Å². The van der Waals surface area contributed by atoms with Crippen molar-refractivity contribution in [3.63, 3.8) is 0 Å². The molecule has 0 heterocycles. The predicted octanol–water partition coefficient (Wildman–Crippen LogP) is 4.37. The van der Waals surface area contributed by atoms with E-state index in [-0.39, 0.29) is 5.91 Å². The average molecular weight is 416 g/mol. The number of ether oxygens (including phenoxy) is 2. The Balaban J connectivity index is 1.94. The largest absolute Gasteiger partial charge is 0.493 e. The molecule has 0 aliphatic rings. The van der Waals surface area contributed by atoms with E-state index in [2.05, 4.69) is 30.0 Å². The lowest BCUT2D eigenvalue weighted by Gasteiger charge is -2.15. The van der Waals surface area contributed by atoms with Crippen LogP contribution in [0.15, 0.2) is 36.4 Å². The van der Waals surface area contributed by atoms with Crippen LogP contribution in [0.25, 0.3) is 0 Å². The van der Waals surface area contributed by atoms with Crippen LogP contribution in [-0.2, 0) is 0 Å². The van der Waals surface area contributed by atoms with E-state index < -0.39 is 0 Å². The Morgan fingerprint density at radius 1 is 1.07 bits per heavy atom. The minimum absolute atomic E-state index is 0.299. The number of benzene rings is 2. The van der Waals surface area contributed by atoms with Crippen LogP contribution in [0.2, 0.25) is 0 Å². The fourth-order valence-electron chi connectivity index (χ4n) is 2.54. The van der Waals surface area contributed by atoms with Crippen molar-refractivity contribution in [3.8, 4) is 11.5 Å². The highest BCUT2D eigenvalue weighted by molar-refractivity contribution is 7.80. The van der Waals surface area contributed by atoms with Gasteiger partial charge in [0.25, 0.3) is 5.91 Å². The lowest BCUT2D eigenvalue weighted by molar-refractivity contribution is 0.0943. The van der Waals surface area contributed by atoms with Crippen molar-refractivity contribution in [3.05, 3.63) is 53.1 Å². The number of anilines is 1. The highest BCUT2D eigenvalue weighted by atomic mass is 32.1. The third-order valence-electron chi connectivity index (χ3n) is 4.31. The molecule has 0 aromatic heterocycles. The number of carbonyl (C=O) groups excluding carboxylic acids is 1. The maximum absolute atomic E-state index is 12.4. The van der Waals surface area contributed by atoms with E-state index in [4.69, 9.17) is 21.7 Å². The number of methoxy groups -OCH3 is 1. The van der Waals surface area contributed by atoms with E-state index in [1.165, 1.54) is 0 Å². The first-order valence-electron chi connectivity index (χ1n) is 9.55. The van der Waals surface area contributed by atoms with Crippen molar-refractivity contribution >= 4 is 28.9 Å². The molecule has 3 N–H and O–H groups in total. The lowest BCUT2D eigenvalue weighted by atomic mass is 10.1. The molecule has 156 valence electrons. The Bertz CT molecular complexity index is 868. The van der Waals surface area contributed by atoms with Gasteiger partial charge in [-0.1, -0.05) is 26.0 Å². The van der Waals surface area contributed by atoms with E-state index in [0.29, 0.717) is 34.7 Å². The predicted molar refractivity (Wildman–Crippen MR) is 121 cm³/mol. The summed E-state index contributed by atoms with van der Waals surface area (Å²) in [6.07, 6.45) is 0.945. The first-order valence-corrected chi connectivity index (χ1v) is 9.96. The van der Waals surface area contributed by atoms with Gasteiger partial charge in [0.1, 0.15) is 0 Å². The van der Waals surface area contributed by atoms with Crippen molar-refractivity contribution in [1.82, 2.24) is 10.9 Å². The zero-order chi connectivity index (χ0) is 21.4. The Morgan fingerprint density at radius 3 is 2.52 bits per heavy atom. The maximum Gasteiger partial charge on any atom is 0.269 e. The summed E-state index contributed by atoms with van der Waals surface area (Å²) in [5, 5.41) is 3.38. The molecule has 1 amide bonds. The first-order chi connectivity index (χ1) is 13.8. The monoisotopic (exact) mass is 415 g/mol. The summed E-state index contributed by atoms with van der Waals surface area (Å²) >= 11 is 5.26. The van der Waals surface area contributed by atoms with Gasteiger partial charge in [0.2, 0.25) is 0 Å². The normalized spacial score (nSPS) is 10.4. The van der Waals surface area contributed by atoms with E-state index in [1.807, 2.05) is 32.0 Å². The molecule has 0 radical (unpaired) electrons. The van der Waals surface area contributed by atoms with Crippen molar-refractivity contribution in [2.75, 3.05) is 19.0 Å². The minimum atomic E-state index is -0.331. The third-order valence-corrected chi connectivity index (χ3v) is 4.51. The number of hydrogen-bond acceptors (Lipinski definition) is 4. The molecule has 0 unspecified atom stereocenters. The van der Waals surface area contributed by atoms with Crippen LogP contribution in [0.3, 0.4) is 0 Å². The van der Waals surface area contributed by atoms with Gasteiger partial charge >= 0.3 is 0 Å². The van der Waals surface area contributed by atoms with Gasteiger partial charge in [0, 0.05) is 11.3 Å².